The summed E-state index contributed by atoms with van der Waals surface area (Å²) in [5.41, 5.74) is 2.16. The van der Waals surface area contributed by atoms with E-state index in [1.54, 1.807) is 12.8 Å². The van der Waals surface area contributed by atoms with Crippen LogP contribution in [0.15, 0.2) is 0 Å². The van der Waals surface area contributed by atoms with E-state index in [-0.39, 0.29) is 0 Å². The molecule has 0 radical (unpaired) electrons. The number of hydrogen-bond donors (Lipinski definition) is 0. The van der Waals surface area contributed by atoms with Gasteiger partial charge in [0.2, 0.25) is 0 Å². The van der Waals surface area contributed by atoms with Crippen molar-refractivity contribution in [2.45, 2.75) is 83.0 Å². The molecule has 1 aliphatic rings. The molecular weight excluding hydrogens is 184 g/mol. The highest BCUT2D eigenvalue weighted by Crippen LogP contribution is 2.46. The van der Waals surface area contributed by atoms with Crippen molar-refractivity contribution in [3.8, 4) is 0 Å². The van der Waals surface area contributed by atoms with E-state index in [1.165, 1.54) is 31.4 Å². The van der Waals surface area contributed by atoms with Crippen LogP contribution in [0.4, 0.5) is 0 Å². The highest BCUT2D eigenvalue weighted by Gasteiger charge is 2.40. The summed E-state index contributed by atoms with van der Waals surface area (Å²) in [6.45, 7) is 9.91. The predicted octanol–water partition coefficient (Wildman–Crippen LogP) is 5.22. The Morgan fingerprint density at radius 3 is 1.86 bits per heavy atom. The van der Waals surface area contributed by atoms with Gasteiger partial charge in [-0.3, -0.25) is 0 Å². The molecule has 84 valence electrons. The van der Waals surface area contributed by atoms with E-state index in [0.717, 1.165) is 11.1 Å². The maximum atomic E-state index is 2.49. The molecule has 0 aromatic carbocycles. The Kier molecular flexibility index (Phi) is 4.69. The summed E-state index contributed by atoms with van der Waals surface area (Å²) in [5, 5.41) is 0. The van der Waals surface area contributed by atoms with Crippen LogP contribution in [0.25, 0.3) is 0 Å². The van der Waals surface area contributed by atoms with Crippen LogP contribution in [-0.4, -0.2) is 8.07 Å². The van der Waals surface area contributed by atoms with Gasteiger partial charge in [0.05, 0.1) is 8.07 Å². The molecule has 0 nitrogen and oxygen atoms in total. The number of hydrogen-bond acceptors (Lipinski definition) is 0. The molecule has 0 aliphatic heterocycles. The third kappa shape index (κ3) is 2.24. The van der Waals surface area contributed by atoms with Crippen LogP contribution in [0.3, 0.4) is 0 Å². The number of rotatable bonds is 4. The van der Waals surface area contributed by atoms with Crippen molar-refractivity contribution in [3.63, 3.8) is 0 Å². The molecule has 1 aliphatic carbocycles. The summed E-state index contributed by atoms with van der Waals surface area (Å²) < 4.78 is 0. The third-order valence-electron chi connectivity index (χ3n) is 4.88. The fourth-order valence-electron chi connectivity index (χ4n) is 3.79. The molecule has 0 unspecified atom stereocenters. The largest absolute Gasteiger partial charge is 0.0678 e. The lowest BCUT2D eigenvalue weighted by molar-refractivity contribution is 0.484. The van der Waals surface area contributed by atoms with Crippen molar-refractivity contribution in [1.82, 2.24) is 0 Å². The van der Waals surface area contributed by atoms with Crippen LogP contribution in [0.1, 0.15) is 59.8 Å². The van der Waals surface area contributed by atoms with Crippen molar-refractivity contribution >= 4 is 8.07 Å². The van der Waals surface area contributed by atoms with Crippen LogP contribution in [0.5, 0.6) is 0 Å². The second-order valence-electron chi connectivity index (χ2n) is 5.43. The van der Waals surface area contributed by atoms with Gasteiger partial charge in [-0.05, 0) is 5.54 Å². The first-order valence-corrected chi connectivity index (χ1v) is 9.24. The van der Waals surface area contributed by atoms with Crippen LogP contribution < -0.4 is 0 Å². The molecule has 0 amide bonds. The van der Waals surface area contributed by atoms with E-state index in [0.29, 0.717) is 0 Å². The SMILES string of the molecule is CC[Si](CC)(C(C)C)C1CCCCC1. The Morgan fingerprint density at radius 2 is 1.50 bits per heavy atom. The van der Waals surface area contributed by atoms with Gasteiger partial charge in [0, 0.05) is 0 Å². The molecule has 0 N–H and O–H groups in total. The van der Waals surface area contributed by atoms with Crippen LogP contribution in [-0.2, 0) is 0 Å². The van der Waals surface area contributed by atoms with Crippen LogP contribution >= 0.6 is 0 Å². The fourth-order valence-corrected chi connectivity index (χ4v) is 9.58. The average molecular weight is 212 g/mol. The molecule has 1 fully saturated rings. The van der Waals surface area contributed by atoms with E-state index < -0.39 is 8.07 Å². The van der Waals surface area contributed by atoms with Crippen molar-refractivity contribution in [2.24, 2.45) is 0 Å². The highest BCUT2D eigenvalue weighted by molar-refractivity contribution is 6.82. The van der Waals surface area contributed by atoms with Gasteiger partial charge in [0.15, 0.2) is 0 Å². The topological polar surface area (TPSA) is 0 Å². The average Bonchev–Trinajstić information content (AvgIpc) is 2.22. The minimum atomic E-state index is -0.920. The van der Waals surface area contributed by atoms with Gasteiger partial charge in [-0.25, -0.2) is 0 Å². The lowest BCUT2D eigenvalue weighted by atomic mass is 10.0. The molecule has 0 bridgehead atoms. The second kappa shape index (κ2) is 5.34. The molecule has 0 aromatic rings. The van der Waals surface area contributed by atoms with E-state index in [9.17, 15) is 0 Å². The summed E-state index contributed by atoms with van der Waals surface area (Å²) >= 11 is 0. The van der Waals surface area contributed by atoms with Crippen molar-refractivity contribution in [2.75, 3.05) is 0 Å². The van der Waals surface area contributed by atoms with Crippen molar-refractivity contribution in [1.29, 1.82) is 0 Å². The Balaban J connectivity index is 2.73. The minimum Gasteiger partial charge on any atom is -0.0678 e. The second-order valence-corrected chi connectivity index (χ2v) is 11.3. The zero-order chi connectivity index (χ0) is 10.6. The maximum Gasteiger partial charge on any atom is 0.0587 e. The summed E-state index contributed by atoms with van der Waals surface area (Å²) in [7, 11) is -0.920. The van der Waals surface area contributed by atoms with Gasteiger partial charge in [0.1, 0.15) is 0 Å². The van der Waals surface area contributed by atoms with Gasteiger partial charge in [-0.2, -0.15) is 0 Å². The molecule has 1 saturated carbocycles. The normalized spacial score (nSPS) is 20.4. The van der Waals surface area contributed by atoms with Gasteiger partial charge in [-0.15, -0.1) is 0 Å². The first-order valence-electron chi connectivity index (χ1n) is 6.67. The molecule has 0 aromatic heterocycles. The molecule has 1 heteroatoms. The van der Waals surface area contributed by atoms with E-state index in [1.807, 2.05) is 0 Å². The van der Waals surface area contributed by atoms with Crippen LogP contribution in [0.2, 0.25) is 23.2 Å². The van der Waals surface area contributed by atoms with Crippen molar-refractivity contribution < 1.29 is 0 Å². The standard InChI is InChI=1S/C13H28Si/c1-5-14(6-2,12(3)4)13-10-8-7-9-11-13/h12-13H,5-11H2,1-4H3. The monoisotopic (exact) mass is 212 g/mol. The fraction of sp³-hybridized carbons (Fsp3) is 1.00. The Hall–Kier alpha value is 0.217. The molecule has 1 rings (SSSR count). The van der Waals surface area contributed by atoms with E-state index >= 15 is 0 Å². The summed E-state index contributed by atoms with van der Waals surface area (Å²) in [6.07, 6.45) is 7.67. The lowest BCUT2D eigenvalue weighted by Gasteiger charge is -2.43. The minimum absolute atomic E-state index is 0.920. The van der Waals surface area contributed by atoms with E-state index in [4.69, 9.17) is 0 Å². The third-order valence-corrected chi connectivity index (χ3v) is 12.0. The quantitative estimate of drug-likeness (QED) is 0.561. The molecule has 0 spiro atoms. The Morgan fingerprint density at radius 1 is 1.00 bits per heavy atom. The van der Waals surface area contributed by atoms with E-state index in [2.05, 4.69) is 27.7 Å². The van der Waals surface area contributed by atoms with Gasteiger partial charge in [-0.1, -0.05) is 77.4 Å². The molecule has 0 atom stereocenters. The maximum absolute atomic E-state index is 2.49. The van der Waals surface area contributed by atoms with Crippen LogP contribution in [0, 0.1) is 0 Å². The van der Waals surface area contributed by atoms with Gasteiger partial charge in [0.25, 0.3) is 0 Å². The highest BCUT2D eigenvalue weighted by atomic mass is 28.3. The first kappa shape index (κ1) is 12.3. The zero-order valence-corrected chi connectivity index (χ0v) is 11.6. The van der Waals surface area contributed by atoms with Gasteiger partial charge < -0.3 is 0 Å². The smallest absolute Gasteiger partial charge is 0.0587 e. The van der Waals surface area contributed by atoms with Crippen molar-refractivity contribution in [3.05, 3.63) is 0 Å². The molecule has 0 heterocycles. The summed E-state index contributed by atoms with van der Waals surface area (Å²) in [4.78, 5) is 0. The predicted molar refractivity (Wildman–Crippen MR) is 68.6 cm³/mol. The summed E-state index contributed by atoms with van der Waals surface area (Å²) in [5.74, 6) is 0. The Bertz CT molecular complexity index is 153. The molecular formula is C13H28Si. The summed E-state index contributed by atoms with van der Waals surface area (Å²) in [6, 6.07) is 3.04. The Labute approximate surface area is 91.5 Å². The lowest BCUT2D eigenvalue weighted by Crippen LogP contribution is -2.42. The molecule has 0 saturated heterocycles. The zero-order valence-electron chi connectivity index (χ0n) is 10.6. The first-order chi connectivity index (χ1) is 6.67. The van der Waals surface area contributed by atoms with Gasteiger partial charge >= 0.3 is 0 Å². The molecule has 14 heavy (non-hydrogen) atoms.